The fourth-order valence-corrected chi connectivity index (χ4v) is 4.99. The van der Waals surface area contributed by atoms with E-state index in [0.29, 0.717) is 43.2 Å². The number of fused-ring (bicyclic) bond motifs is 1. The summed E-state index contributed by atoms with van der Waals surface area (Å²) in [6.07, 6.45) is 1.25. The third-order valence-corrected chi connectivity index (χ3v) is 6.81. The van der Waals surface area contributed by atoms with Gasteiger partial charge in [-0.2, -0.15) is 4.98 Å². The van der Waals surface area contributed by atoms with Crippen LogP contribution in [0.2, 0.25) is 0 Å². The van der Waals surface area contributed by atoms with Crippen LogP contribution in [0.1, 0.15) is 31.6 Å². The van der Waals surface area contributed by atoms with Gasteiger partial charge >= 0.3 is 11.8 Å². The maximum absolute atomic E-state index is 13.9. The lowest BCUT2D eigenvalue weighted by molar-refractivity contribution is -0.0414. The highest BCUT2D eigenvalue weighted by atomic mass is 19.1. The summed E-state index contributed by atoms with van der Waals surface area (Å²) >= 11 is 0. The van der Waals surface area contributed by atoms with Crippen molar-refractivity contribution in [3.63, 3.8) is 0 Å². The summed E-state index contributed by atoms with van der Waals surface area (Å²) in [5.41, 5.74) is 0.700. The molecular weight excluding hydrogens is 459 g/mol. The summed E-state index contributed by atoms with van der Waals surface area (Å²) in [7, 11) is 1.39. The molecule has 0 saturated carbocycles. The van der Waals surface area contributed by atoms with Crippen LogP contribution in [0.3, 0.4) is 0 Å². The number of ether oxygens (including phenoxy) is 2. The molecule has 0 radical (unpaired) electrons. The molecular formula is C23H29FN6O5. The predicted octanol–water partition coefficient (Wildman–Crippen LogP) is 1.98. The number of methoxy groups -OCH3 is 1. The van der Waals surface area contributed by atoms with E-state index in [9.17, 15) is 14.0 Å². The number of hydrogen-bond donors (Lipinski definition) is 0. The number of carbonyl (C=O) groups excluding carboxylic acids is 1. The standard InChI is InChI=1S/C23H29FN6O5/c1-3-29-18-5-4-16(24)12-19(18)30(22(29)31)21-25-20(35-26-21)15-6-8-27(9-7-15)13-17-14-28(10-11-34-17)23(32)33-2/h4-5,12,15,17H,3,6-11,13-14H2,1-2H3. The minimum Gasteiger partial charge on any atom is -0.453 e. The SMILES string of the molecule is CCn1c(=O)n(-c2noc(C3CCN(CC4CN(C(=O)OC)CCO4)CC3)n2)c2cc(F)ccc21. The molecule has 1 amide bonds. The van der Waals surface area contributed by atoms with Crippen molar-refractivity contribution in [1.82, 2.24) is 29.1 Å². The molecule has 0 bridgehead atoms. The number of amides is 1. The summed E-state index contributed by atoms with van der Waals surface area (Å²) in [6.45, 7) is 6.22. The van der Waals surface area contributed by atoms with Crippen molar-refractivity contribution < 1.29 is 23.2 Å². The molecule has 5 rings (SSSR count). The summed E-state index contributed by atoms with van der Waals surface area (Å²) in [6, 6.07) is 4.23. The monoisotopic (exact) mass is 488 g/mol. The Morgan fingerprint density at radius 1 is 1.23 bits per heavy atom. The third-order valence-electron chi connectivity index (χ3n) is 6.81. The summed E-state index contributed by atoms with van der Waals surface area (Å²) < 4.78 is 33.0. The number of benzene rings is 1. The lowest BCUT2D eigenvalue weighted by atomic mass is 9.96. The van der Waals surface area contributed by atoms with Gasteiger partial charge in [0.25, 0.3) is 5.95 Å². The number of aromatic nitrogens is 4. The average molecular weight is 489 g/mol. The number of hydrogen-bond acceptors (Lipinski definition) is 8. The van der Waals surface area contributed by atoms with Crippen LogP contribution >= 0.6 is 0 Å². The molecule has 4 heterocycles. The quantitative estimate of drug-likeness (QED) is 0.537. The largest absolute Gasteiger partial charge is 0.453 e. The Morgan fingerprint density at radius 2 is 2.03 bits per heavy atom. The van der Waals surface area contributed by atoms with Gasteiger partial charge in [0.2, 0.25) is 5.89 Å². The average Bonchev–Trinajstić information content (AvgIpc) is 3.45. The lowest BCUT2D eigenvalue weighted by Gasteiger charge is -2.37. The van der Waals surface area contributed by atoms with E-state index in [4.69, 9.17) is 14.0 Å². The molecule has 11 nitrogen and oxygen atoms in total. The van der Waals surface area contributed by atoms with Gasteiger partial charge in [-0.05, 0) is 50.1 Å². The van der Waals surface area contributed by atoms with Gasteiger partial charge in [-0.3, -0.25) is 4.57 Å². The van der Waals surface area contributed by atoms with Crippen molar-refractivity contribution in [2.24, 2.45) is 0 Å². The number of carbonyl (C=O) groups is 1. The van der Waals surface area contributed by atoms with E-state index in [1.165, 1.54) is 23.8 Å². The van der Waals surface area contributed by atoms with E-state index in [1.54, 1.807) is 15.5 Å². The number of nitrogens with zero attached hydrogens (tertiary/aromatic N) is 6. The van der Waals surface area contributed by atoms with Crippen molar-refractivity contribution >= 4 is 17.1 Å². The minimum atomic E-state index is -0.438. The Hall–Kier alpha value is -3.25. The number of halogens is 1. The Morgan fingerprint density at radius 3 is 2.77 bits per heavy atom. The van der Waals surface area contributed by atoms with E-state index in [2.05, 4.69) is 15.0 Å². The van der Waals surface area contributed by atoms with E-state index < -0.39 is 5.82 Å². The van der Waals surface area contributed by atoms with Gasteiger partial charge in [-0.1, -0.05) is 0 Å². The van der Waals surface area contributed by atoms with Gasteiger partial charge in [0.05, 0.1) is 37.4 Å². The highest BCUT2D eigenvalue weighted by molar-refractivity contribution is 5.77. The second kappa shape index (κ2) is 9.78. The molecule has 188 valence electrons. The van der Waals surface area contributed by atoms with Crippen molar-refractivity contribution in [2.75, 3.05) is 46.4 Å². The van der Waals surface area contributed by atoms with Gasteiger partial charge in [0, 0.05) is 31.6 Å². The minimum absolute atomic E-state index is 0.0578. The number of imidazole rings is 1. The fraction of sp³-hybridized carbons (Fsp3) is 0.565. The molecule has 1 unspecified atom stereocenters. The predicted molar refractivity (Wildman–Crippen MR) is 123 cm³/mol. The van der Waals surface area contributed by atoms with Crippen LogP contribution in [0.25, 0.3) is 17.0 Å². The van der Waals surface area contributed by atoms with Gasteiger partial charge in [-0.15, -0.1) is 0 Å². The molecule has 35 heavy (non-hydrogen) atoms. The van der Waals surface area contributed by atoms with E-state index >= 15 is 0 Å². The Kier molecular flexibility index (Phi) is 6.56. The number of piperidine rings is 1. The number of likely N-dealkylation sites (tertiary alicyclic amines) is 1. The smallest absolute Gasteiger partial charge is 0.409 e. The van der Waals surface area contributed by atoms with Gasteiger partial charge < -0.3 is 23.8 Å². The number of aryl methyl sites for hydroxylation is 1. The third kappa shape index (κ3) is 4.55. The molecule has 12 heteroatoms. The number of morpholine rings is 1. The van der Waals surface area contributed by atoms with Crippen molar-refractivity contribution in [2.45, 2.75) is 38.3 Å². The molecule has 2 saturated heterocycles. The fourth-order valence-electron chi connectivity index (χ4n) is 4.99. The van der Waals surface area contributed by atoms with E-state index in [-0.39, 0.29) is 29.8 Å². The van der Waals surface area contributed by atoms with Crippen LogP contribution in [0.5, 0.6) is 0 Å². The summed E-state index contributed by atoms with van der Waals surface area (Å²) in [5.74, 6) is 0.227. The Bertz CT molecular complexity index is 1260. The zero-order chi connectivity index (χ0) is 24.5. The normalized spacial score (nSPS) is 20.0. The van der Waals surface area contributed by atoms with E-state index in [1.807, 2.05) is 6.92 Å². The second-order valence-corrected chi connectivity index (χ2v) is 8.91. The van der Waals surface area contributed by atoms with Crippen molar-refractivity contribution in [3.05, 3.63) is 40.4 Å². The highest BCUT2D eigenvalue weighted by Crippen LogP contribution is 2.28. The van der Waals surface area contributed by atoms with Crippen LogP contribution in [-0.4, -0.2) is 87.7 Å². The maximum atomic E-state index is 13.9. The van der Waals surface area contributed by atoms with Crippen LogP contribution in [0.4, 0.5) is 9.18 Å². The molecule has 3 aromatic rings. The molecule has 2 aliphatic heterocycles. The maximum Gasteiger partial charge on any atom is 0.409 e. The molecule has 0 spiro atoms. The first kappa shape index (κ1) is 23.5. The van der Waals surface area contributed by atoms with Crippen LogP contribution in [0.15, 0.2) is 27.5 Å². The molecule has 2 aromatic heterocycles. The van der Waals surface area contributed by atoms with Crippen molar-refractivity contribution in [1.29, 1.82) is 0 Å². The second-order valence-electron chi connectivity index (χ2n) is 8.91. The van der Waals surface area contributed by atoms with Gasteiger partial charge in [0.15, 0.2) is 0 Å². The van der Waals surface area contributed by atoms with Crippen LogP contribution in [-0.2, 0) is 16.0 Å². The molecule has 2 fully saturated rings. The highest BCUT2D eigenvalue weighted by Gasteiger charge is 2.30. The topological polar surface area (TPSA) is 108 Å². The molecule has 2 aliphatic rings. The van der Waals surface area contributed by atoms with E-state index in [0.717, 1.165) is 32.5 Å². The Balaban J connectivity index is 1.25. The van der Waals surface area contributed by atoms with Crippen LogP contribution < -0.4 is 5.69 Å². The summed E-state index contributed by atoms with van der Waals surface area (Å²) in [4.78, 5) is 33.3. The molecule has 1 aromatic carbocycles. The molecule has 1 atom stereocenters. The molecule has 0 aliphatic carbocycles. The first-order valence-electron chi connectivity index (χ1n) is 11.9. The molecule has 0 N–H and O–H groups in total. The lowest BCUT2D eigenvalue weighted by Crippen LogP contribution is -2.50. The first-order valence-corrected chi connectivity index (χ1v) is 11.9. The van der Waals surface area contributed by atoms with Crippen molar-refractivity contribution in [3.8, 4) is 5.95 Å². The Labute approximate surface area is 201 Å². The first-order chi connectivity index (χ1) is 17.0. The van der Waals surface area contributed by atoms with Crippen LogP contribution in [0, 0.1) is 5.82 Å². The zero-order valence-corrected chi connectivity index (χ0v) is 19.9. The van der Waals surface area contributed by atoms with Gasteiger partial charge in [-0.25, -0.2) is 18.5 Å². The van der Waals surface area contributed by atoms with Gasteiger partial charge in [0.1, 0.15) is 5.82 Å². The summed E-state index contributed by atoms with van der Waals surface area (Å²) in [5, 5.41) is 4.05. The number of rotatable bonds is 5. The zero-order valence-electron chi connectivity index (χ0n) is 19.9.